The van der Waals surface area contributed by atoms with E-state index in [1.165, 1.54) is 19.3 Å². The Morgan fingerprint density at radius 1 is 1.22 bits per heavy atom. The Hall–Kier alpha value is -2.63. The largest absolute Gasteiger partial charge is 0.360 e. The molecule has 1 heterocycles. The molecule has 1 aromatic heterocycles. The van der Waals surface area contributed by atoms with Gasteiger partial charge >= 0.3 is 0 Å². The van der Waals surface area contributed by atoms with Crippen molar-refractivity contribution in [3.8, 4) is 0 Å². The second-order valence-corrected chi connectivity index (χ2v) is 7.55. The molecular formula is C21H28N4O2. The van der Waals surface area contributed by atoms with Gasteiger partial charge in [-0.15, -0.1) is 0 Å². The van der Waals surface area contributed by atoms with Gasteiger partial charge in [0, 0.05) is 13.1 Å². The van der Waals surface area contributed by atoms with Crippen molar-refractivity contribution in [2.24, 2.45) is 5.92 Å². The van der Waals surface area contributed by atoms with Crippen LogP contribution in [0.4, 0.5) is 0 Å². The molecule has 1 aromatic carbocycles. The van der Waals surface area contributed by atoms with E-state index in [1.807, 2.05) is 24.3 Å². The van der Waals surface area contributed by atoms with E-state index >= 15 is 0 Å². The quantitative estimate of drug-likeness (QED) is 0.416. The summed E-state index contributed by atoms with van der Waals surface area (Å²) in [7, 11) is 1.65. The van der Waals surface area contributed by atoms with Crippen LogP contribution < -0.4 is 16.2 Å². The van der Waals surface area contributed by atoms with Gasteiger partial charge in [-0.25, -0.2) is 0 Å². The Morgan fingerprint density at radius 3 is 2.67 bits per heavy atom. The molecule has 6 heteroatoms. The van der Waals surface area contributed by atoms with Crippen molar-refractivity contribution >= 4 is 23.1 Å². The number of pyridine rings is 1. The van der Waals surface area contributed by atoms with Crippen LogP contribution in [0.5, 0.6) is 0 Å². The fraction of sp³-hybridized carbons (Fsp3) is 0.476. The van der Waals surface area contributed by atoms with Gasteiger partial charge in [0.2, 0.25) is 0 Å². The number of aromatic nitrogens is 1. The van der Waals surface area contributed by atoms with Crippen LogP contribution in [0.25, 0.3) is 10.9 Å². The lowest BCUT2D eigenvalue weighted by molar-refractivity contribution is -0.114. The zero-order valence-electron chi connectivity index (χ0n) is 15.8. The van der Waals surface area contributed by atoms with Crippen molar-refractivity contribution in [3.63, 3.8) is 0 Å². The Morgan fingerprint density at radius 2 is 1.96 bits per heavy atom. The van der Waals surface area contributed by atoms with Crippen molar-refractivity contribution in [3.05, 3.63) is 46.8 Å². The lowest BCUT2D eigenvalue weighted by Gasteiger charge is -2.35. The Kier molecular flexibility index (Phi) is 5.94. The van der Waals surface area contributed by atoms with Crippen LogP contribution in [0, 0.1) is 11.3 Å². The van der Waals surface area contributed by atoms with E-state index in [0.29, 0.717) is 12.3 Å². The van der Waals surface area contributed by atoms with E-state index < -0.39 is 5.54 Å². The number of nitrogens with one attached hydrogen (secondary N) is 3. The van der Waals surface area contributed by atoms with Gasteiger partial charge in [-0.2, -0.15) is 0 Å². The normalized spacial score (nSPS) is 17.2. The minimum atomic E-state index is -0.990. The Bertz CT molecular complexity index is 870. The van der Waals surface area contributed by atoms with Gasteiger partial charge < -0.3 is 20.0 Å². The zero-order valence-corrected chi connectivity index (χ0v) is 15.8. The van der Waals surface area contributed by atoms with Crippen molar-refractivity contribution in [1.82, 2.24) is 15.2 Å². The third kappa shape index (κ3) is 4.38. The highest BCUT2D eigenvalue weighted by Gasteiger charge is 2.35. The zero-order chi connectivity index (χ0) is 19.3. The molecular weight excluding hydrogens is 340 g/mol. The number of carbonyl (C=O) groups excluding carboxylic acids is 1. The van der Waals surface area contributed by atoms with Gasteiger partial charge in [0.1, 0.15) is 11.8 Å². The number of hydrogen-bond donors (Lipinski definition) is 3. The summed E-state index contributed by atoms with van der Waals surface area (Å²) in [6.45, 7) is 0.206. The van der Waals surface area contributed by atoms with Crippen molar-refractivity contribution in [2.75, 3.05) is 7.05 Å². The van der Waals surface area contributed by atoms with Crippen molar-refractivity contribution in [2.45, 2.75) is 50.6 Å². The summed E-state index contributed by atoms with van der Waals surface area (Å²) in [5.74, 6) is 0.512. The summed E-state index contributed by atoms with van der Waals surface area (Å²) in [6.07, 6.45) is 7.29. The van der Waals surface area contributed by atoms with Gasteiger partial charge in [0.15, 0.2) is 5.96 Å². The Labute approximate surface area is 159 Å². The lowest BCUT2D eigenvalue weighted by atomic mass is 9.79. The topological polar surface area (TPSA) is 87.0 Å². The van der Waals surface area contributed by atoms with Crippen LogP contribution >= 0.6 is 0 Å². The molecule has 3 N–H and O–H groups in total. The summed E-state index contributed by atoms with van der Waals surface area (Å²) in [5.41, 5.74) is -0.324. The van der Waals surface area contributed by atoms with Gasteiger partial charge in [-0.3, -0.25) is 10.2 Å². The molecule has 1 aliphatic rings. The van der Waals surface area contributed by atoms with Gasteiger partial charge in [-0.05, 0) is 29.9 Å². The number of carbonyl (C=O) groups is 1. The first-order valence-electron chi connectivity index (χ1n) is 9.66. The summed E-state index contributed by atoms with van der Waals surface area (Å²) in [4.78, 5) is 24.9. The monoisotopic (exact) mass is 368 g/mol. The molecule has 0 radical (unpaired) electrons. The van der Waals surface area contributed by atoms with E-state index in [4.69, 9.17) is 5.41 Å². The predicted octanol–water partition coefficient (Wildman–Crippen LogP) is 2.65. The maximum absolute atomic E-state index is 12.6. The number of hydrogen-bond acceptors (Lipinski definition) is 3. The van der Waals surface area contributed by atoms with Crippen LogP contribution in [-0.4, -0.2) is 29.4 Å². The minimum Gasteiger partial charge on any atom is -0.360 e. The van der Waals surface area contributed by atoms with E-state index in [0.717, 1.165) is 30.0 Å². The summed E-state index contributed by atoms with van der Waals surface area (Å²) in [5, 5.41) is 14.8. The molecule has 144 valence electrons. The minimum absolute atomic E-state index is 0.0891. The molecule has 1 atom stereocenters. The molecule has 2 aromatic rings. The Balaban J connectivity index is 2.00. The first-order valence-corrected chi connectivity index (χ1v) is 9.66. The number of guanidine groups is 1. The average Bonchev–Trinajstić information content (AvgIpc) is 2.70. The maximum atomic E-state index is 12.6. The predicted molar refractivity (Wildman–Crippen MR) is 108 cm³/mol. The first-order chi connectivity index (χ1) is 13.1. The molecule has 3 rings (SSSR count). The number of para-hydroxylation sites is 1. The number of nitrogens with zero attached hydrogens (tertiary/aromatic N) is 1. The molecule has 1 saturated carbocycles. The van der Waals surface area contributed by atoms with Crippen LogP contribution in [0.1, 0.15) is 38.5 Å². The fourth-order valence-corrected chi connectivity index (χ4v) is 4.18. The van der Waals surface area contributed by atoms with Crippen LogP contribution in [0.3, 0.4) is 0 Å². The summed E-state index contributed by atoms with van der Waals surface area (Å²) >= 11 is 0. The van der Waals surface area contributed by atoms with Crippen molar-refractivity contribution in [1.29, 1.82) is 5.41 Å². The molecule has 0 spiro atoms. The van der Waals surface area contributed by atoms with Gasteiger partial charge in [-0.1, -0.05) is 50.3 Å². The highest BCUT2D eigenvalue weighted by Crippen LogP contribution is 2.31. The van der Waals surface area contributed by atoms with Gasteiger partial charge in [0.25, 0.3) is 5.56 Å². The van der Waals surface area contributed by atoms with E-state index in [1.54, 1.807) is 23.7 Å². The first kappa shape index (κ1) is 19.1. The van der Waals surface area contributed by atoms with E-state index in [9.17, 15) is 9.59 Å². The molecule has 0 amide bonds. The molecule has 1 unspecified atom stereocenters. The smallest absolute Gasteiger partial charge is 0.251 e. The third-order valence-corrected chi connectivity index (χ3v) is 5.57. The van der Waals surface area contributed by atoms with Crippen molar-refractivity contribution < 1.29 is 4.79 Å². The molecule has 0 bridgehead atoms. The molecule has 1 aliphatic carbocycles. The standard InChI is InChI=1S/C21H28N4O2/c1-23-20(22)24-21(15-26,13-16-7-3-2-4-8-16)14-25-18-10-6-5-9-17(18)11-12-19(25)27/h5-6,9-12,15-16H,2-4,7-8,13-14H2,1H3,(H3,22,23,24). The number of aldehydes is 1. The SMILES string of the molecule is CNC(=N)NC(C=O)(CC1CCCCC1)Cn1c(=O)ccc2ccccc21. The number of fused-ring (bicyclic) bond motifs is 1. The van der Waals surface area contributed by atoms with Gasteiger partial charge in [0.05, 0.1) is 12.1 Å². The number of benzene rings is 1. The highest BCUT2D eigenvalue weighted by atomic mass is 16.1. The van der Waals surface area contributed by atoms with Crippen LogP contribution in [0.2, 0.25) is 0 Å². The third-order valence-electron chi connectivity index (χ3n) is 5.57. The van der Waals surface area contributed by atoms with E-state index in [-0.39, 0.29) is 18.1 Å². The highest BCUT2D eigenvalue weighted by molar-refractivity contribution is 5.82. The maximum Gasteiger partial charge on any atom is 0.251 e. The molecule has 0 aliphatic heterocycles. The van der Waals surface area contributed by atoms with Crippen LogP contribution in [-0.2, 0) is 11.3 Å². The van der Waals surface area contributed by atoms with Crippen LogP contribution in [0.15, 0.2) is 41.2 Å². The average molecular weight is 368 g/mol. The number of rotatable bonds is 6. The summed E-state index contributed by atoms with van der Waals surface area (Å²) in [6, 6.07) is 11.0. The molecule has 6 nitrogen and oxygen atoms in total. The second kappa shape index (κ2) is 8.37. The van der Waals surface area contributed by atoms with E-state index in [2.05, 4.69) is 10.6 Å². The molecule has 27 heavy (non-hydrogen) atoms. The molecule has 1 fully saturated rings. The fourth-order valence-electron chi connectivity index (χ4n) is 4.18. The molecule has 0 saturated heterocycles. The summed E-state index contributed by atoms with van der Waals surface area (Å²) < 4.78 is 1.66. The second-order valence-electron chi connectivity index (χ2n) is 7.55. The lowest BCUT2D eigenvalue weighted by Crippen LogP contribution is -2.57.